The monoisotopic (exact) mass is 322 g/mol. The normalized spacial score (nSPS) is 11.3. The van der Waals surface area contributed by atoms with Gasteiger partial charge in [-0.05, 0) is 31.2 Å². The summed E-state index contributed by atoms with van der Waals surface area (Å²) in [6.45, 7) is 1.63. The fourth-order valence-corrected chi connectivity index (χ4v) is 2.18. The lowest BCUT2D eigenvalue weighted by Crippen LogP contribution is -2.19. The summed E-state index contributed by atoms with van der Waals surface area (Å²) in [5.41, 5.74) is 3.66. The Morgan fingerprint density at radius 3 is 2.52 bits per heavy atom. The summed E-state index contributed by atoms with van der Waals surface area (Å²) in [7, 11) is 0. The van der Waals surface area contributed by atoms with Crippen LogP contribution in [0.3, 0.4) is 0 Å². The van der Waals surface area contributed by atoms with Gasteiger partial charge in [0.15, 0.2) is 0 Å². The van der Waals surface area contributed by atoms with E-state index < -0.39 is 0 Å². The summed E-state index contributed by atoms with van der Waals surface area (Å²) in [6, 6.07) is 11.6. The van der Waals surface area contributed by atoms with E-state index in [0.29, 0.717) is 21.9 Å². The van der Waals surface area contributed by atoms with Crippen molar-refractivity contribution < 1.29 is 9.90 Å². The highest BCUT2D eigenvalue weighted by Crippen LogP contribution is 2.31. The van der Waals surface area contributed by atoms with Gasteiger partial charge < -0.3 is 5.11 Å². The van der Waals surface area contributed by atoms with Crippen molar-refractivity contribution in [3.8, 4) is 5.75 Å². The van der Waals surface area contributed by atoms with Crippen molar-refractivity contribution in [1.82, 2.24) is 5.43 Å². The van der Waals surface area contributed by atoms with Crippen molar-refractivity contribution in [2.75, 3.05) is 0 Å². The number of rotatable bonds is 3. The lowest BCUT2D eigenvalue weighted by Gasteiger charge is -2.07. The third-order valence-corrected chi connectivity index (χ3v) is 3.29. The second kappa shape index (κ2) is 6.61. The molecule has 0 aromatic heterocycles. The first-order chi connectivity index (χ1) is 9.99. The topological polar surface area (TPSA) is 61.7 Å². The maximum absolute atomic E-state index is 11.9. The van der Waals surface area contributed by atoms with Crippen LogP contribution >= 0.6 is 23.2 Å². The number of phenolic OH excluding ortho intramolecular Hbond substituents is 1. The molecule has 2 N–H and O–H groups in total. The zero-order valence-electron chi connectivity index (χ0n) is 11.1. The molecule has 6 heteroatoms. The number of carbonyl (C=O) groups is 1. The highest BCUT2D eigenvalue weighted by Gasteiger charge is 2.11. The van der Waals surface area contributed by atoms with Crippen LogP contribution < -0.4 is 5.43 Å². The predicted molar refractivity (Wildman–Crippen MR) is 84.2 cm³/mol. The number of phenols is 1. The lowest BCUT2D eigenvalue weighted by molar-refractivity contribution is 0.0955. The number of hydrogen-bond donors (Lipinski definition) is 2. The van der Waals surface area contributed by atoms with Gasteiger partial charge in [-0.3, -0.25) is 4.79 Å². The van der Waals surface area contributed by atoms with E-state index in [1.807, 2.05) is 6.07 Å². The van der Waals surface area contributed by atoms with Gasteiger partial charge in [0.2, 0.25) is 0 Å². The number of nitrogens with one attached hydrogen (secondary N) is 1. The van der Waals surface area contributed by atoms with Gasteiger partial charge in [-0.2, -0.15) is 5.10 Å². The standard InChI is InChI=1S/C15H12Cl2N2O2/c1-9(12-7-11(16)8-13(17)14(12)20)18-19-15(21)10-5-3-2-4-6-10/h2-8,20H,1H3,(H,19,21)/b18-9+. The van der Waals surface area contributed by atoms with Gasteiger partial charge in [0.1, 0.15) is 5.75 Å². The fraction of sp³-hybridized carbons (Fsp3) is 0.0667. The molecule has 0 spiro atoms. The van der Waals surface area contributed by atoms with E-state index in [2.05, 4.69) is 10.5 Å². The van der Waals surface area contributed by atoms with Crippen LogP contribution in [0.25, 0.3) is 0 Å². The highest BCUT2D eigenvalue weighted by atomic mass is 35.5. The molecule has 0 bridgehead atoms. The Morgan fingerprint density at radius 2 is 1.86 bits per heavy atom. The zero-order valence-corrected chi connectivity index (χ0v) is 12.6. The molecule has 2 aromatic carbocycles. The molecule has 0 fully saturated rings. The third-order valence-electron chi connectivity index (χ3n) is 2.78. The molecule has 0 unspecified atom stereocenters. The molecule has 0 aliphatic rings. The van der Waals surface area contributed by atoms with Crippen molar-refractivity contribution in [2.24, 2.45) is 5.10 Å². The number of benzene rings is 2. The van der Waals surface area contributed by atoms with E-state index in [1.165, 1.54) is 12.1 Å². The van der Waals surface area contributed by atoms with Crippen molar-refractivity contribution in [3.63, 3.8) is 0 Å². The molecule has 0 saturated heterocycles. The second-order valence-corrected chi connectivity index (χ2v) is 5.13. The molecule has 0 aliphatic carbocycles. The van der Waals surface area contributed by atoms with Crippen LogP contribution in [0.5, 0.6) is 5.75 Å². The number of hydrazone groups is 1. The van der Waals surface area contributed by atoms with Gasteiger partial charge in [-0.25, -0.2) is 5.43 Å². The van der Waals surface area contributed by atoms with E-state index in [0.717, 1.165) is 0 Å². The molecule has 0 saturated carbocycles. The number of halogens is 2. The van der Waals surface area contributed by atoms with Gasteiger partial charge >= 0.3 is 0 Å². The summed E-state index contributed by atoms with van der Waals surface area (Å²) < 4.78 is 0. The molecule has 2 rings (SSSR count). The molecule has 2 aromatic rings. The Labute approximate surface area is 132 Å². The molecule has 108 valence electrons. The van der Waals surface area contributed by atoms with E-state index in [9.17, 15) is 9.90 Å². The second-order valence-electron chi connectivity index (χ2n) is 4.29. The van der Waals surface area contributed by atoms with Crippen molar-refractivity contribution in [2.45, 2.75) is 6.92 Å². The minimum Gasteiger partial charge on any atom is -0.506 e. The molecule has 1 amide bonds. The summed E-state index contributed by atoms with van der Waals surface area (Å²) in [4.78, 5) is 11.9. The first-order valence-electron chi connectivity index (χ1n) is 6.07. The summed E-state index contributed by atoms with van der Waals surface area (Å²) in [5, 5.41) is 14.3. The van der Waals surface area contributed by atoms with Gasteiger partial charge in [0, 0.05) is 16.1 Å². The van der Waals surface area contributed by atoms with E-state index in [-0.39, 0.29) is 16.7 Å². The van der Waals surface area contributed by atoms with E-state index >= 15 is 0 Å². The van der Waals surface area contributed by atoms with Crippen LogP contribution in [0.2, 0.25) is 10.0 Å². The first kappa shape index (κ1) is 15.4. The smallest absolute Gasteiger partial charge is 0.271 e. The predicted octanol–water partition coefficient (Wildman–Crippen LogP) is 3.85. The summed E-state index contributed by atoms with van der Waals surface area (Å²) >= 11 is 11.7. The van der Waals surface area contributed by atoms with Crippen LogP contribution in [0.4, 0.5) is 0 Å². The van der Waals surface area contributed by atoms with Crippen LogP contribution in [-0.4, -0.2) is 16.7 Å². The number of aromatic hydroxyl groups is 1. The van der Waals surface area contributed by atoms with E-state index in [4.69, 9.17) is 23.2 Å². The Kier molecular flexibility index (Phi) is 4.83. The van der Waals surface area contributed by atoms with Crippen molar-refractivity contribution in [3.05, 3.63) is 63.6 Å². The highest BCUT2D eigenvalue weighted by molar-refractivity contribution is 6.36. The average Bonchev–Trinajstić information content (AvgIpc) is 2.49. The maximum atomic E-state index is 11.9. The number of nitrogens with zero attached hydrogens (tertiary/aromatic N) is 1. The Morgan fingerprint density at radius 1 is 1.19 bits per heavy atom. The Hall–Kier alpha value is -2.04. The average molecular weight is 323 g/mol. The van der Waals surface area contributed by atoms with Crippen LogP contribution in [0, 0.1) is 0 Å². The summed E-state index contributed by atoms with van der Waals surface area (Å²) in [6.07, 6.45) is 0. The van der Waals surface area contributed by atoms with Gasteiger partial charge in [-0.1, -0.05) is 41.4 Å². The van der Waals surface area contributed by atoms with Crippen LogP contribution in [0.1, 0.15) is 22.8 Å². The quantitative estimate of drug-likeness (QED) is 0.666. The van der Waals surface area contributed by atoms with Gasteiger partial charge in [0.25, 0.3) is 5.91 Å². The number of carbonyl (C=O) groups excluding carboxylic acids is 1. The summed E-state index contributed by atoms with van der Waals surface area (Å²) in [5.74, 6) is -0.473. The van der Waals surface area contributed by atoms with Crippen LogP contribution in [0.15, 0.2) is 47.6 Å². The Bertz CT molecular complexity index is 700. The molecule has 0 heterocycles. The van der Waals surface area contributed by atoms with Gasteiger partial charge in [-0.15, -0.1) is 0 Å². The van der Waals surface area contributed by atoms with Gasteiger partial charge in [0.05, 0.1) is 10.7 Å². The maximum Gasteiger partial charge on any atom is 0.271 e. The number of hydrogen-bond acceptors (Lipinski definition) is 3. The Balaban J connectivity index is 2.21. The molecular formula is C15H12Cl2N2O2. The van der Waals surface area contributed by atoms with E-state index in [1.54, 1.807) is 31.2 Å². The fourth-order valence-electron chi connectivity index (χ4n) is 1.69. The number of amides is 1. The minimum atomic E-state index is -0.345. The molecule has 0 aliphatic heterocycles. The molecule has 21 heavy (non-hydrogen) atoms. The first-order valence-corrected chi connectivity index (χ1v) is 6.82. The molecule has 4 nitrogen and oxygen atoms in total. The largest absolute Gasteiger partial charge is 0.506 e. The molecular weight excluding hydrogens is 311 g/mol. The SMILES string of the molecule is C/C(=N\NC(=O)c1ccccc1)c1cc(Cl)cc(Cl)c1O. The molecule has 0 atom stereocenters. The van der Waals surface area contributed by atoms with Crippen LogP contribution in [-0.2, 0) is 0 Å². The molecule has 0 radical (unpaired) electrons. The minimum absolute atomic E-state index is 0.126. The van der Waals surface area contributed by atoms with Crippen molar-refractivity contribution in [1.29, 1.82) is 0 Å². The van der Waals surface area contributed by atoms with Crippen molar-refractivity contribution >= 4 is 34.8 Å². The zero-order chi connectivity index (χ0) is 15.4. The lowest BCUT2D eigenvalue weighted by atomic mass is 10.1. The third kappa shape index (κ3) is 3.74.